The van der Waals surface area contributed by atoms with E-state index in [9.17, 15) is 8.42 Å². The maximum Gasteiger partial charge on any atom is 0.243 e. The number of benzene rings is 2. The highest BCUT2D eigenvalue weighted by atomic mass is 32.2. The third kappa shape index (κ3) is 3.26. The van der Waals surface area contributed by atoms with Crippen LogP contribution < -0.4 is 0 Å². The van der Waals surface area contributed by atoms with Gasteiger partial charge < -0.3 is 0 Å². The van der Waals surface area contributed by atoms with Crippen LogP contribution in [0.4, 0.5) is 0 Å². The Morgan fingerprint density at radius 2 is 1.71 bits per heavy atom. The first-order valence-corrected chi connectivity index (χ1v) is 10.1. The Hall–Kier alpha value is -1.65. The Morgan fingerprint density at radius 3 is 2.33 bits per heavy atom. The minimum atomic E-state index is -3.46. The van der Waals surface area contributed by atoms with Gasteiger partial charge >= 0.3 is 0 Å². The summed E-state index contributed by atoms with van der Waals surface area (Å²) in [6.45, 7) is 4.11. The molecule has 3 rings (SSSR count). The van der Waals surface area contributed by atoms with E-state index in [0.29, 0.717) is 4.90 Å². The van der Waals surface area contributed by atoms with Gasteiger partial charge in [-0.15, -0.1) is 0 Å². The van der Waals surface area contributed by atoms with Gasteiger partial charge in [-0.1, -0.05) is 67.8 Å². The fourth-order valence-corrected chi connectivity index (χ4v) is 5.27. The lowest BCUT2D eigenvalue weighted by atomic mass is 9.88. The van der Waals surface area contributed by atoms with Crippen LogP contribution in [0.15, 0.2) is 59.5 Å². The van der Waals surface area contributed by atoms with E-state index in [1.807, 2.05) is 49.4 Å². The number of sulfonamides is 1. The van der Waals surface area contributed by atoms with Crippen molar-refractivity contribution >= 4 is 10.0 Å². The molecule has 128 valence electrons. The molecule has 0 aromatic heterocycles. The number of unbranched alkanes of at least 4 members (excludes halogenated alkanes) is 1. The van der Waals surface area contributed by atoms with Crippen LogP contribution in [0.25, 0.3) is 0 Å². The molecule has 0 spiro atoms. The molecule has 1 saturated heterocycles. The summed E-state index contributed by atoms with van der Waals surface area (Å²) in [6, 6.07) is 17.2. The van der Waals surface area contributed by atoms with Gasteiger partial charge in [0.1, 0.15) is 0 Å². The lowest BCUT2D eigenvalue weighted by Gasteiger charge is -2.47. The predicted molar refractivity (Wildman–Crippen MR) is 97.3 cm³/mol. The first kappa shape index (κ1) is 17.2. The lowest BCUT2D eigenvalue weighted by molar-refractivity contribution is 0.101. The molecule has 0 aliphatic carbocycles. The van der Waals surface area contributed by atoms with Crippen LogP contribution in [0.3, 0.4) is 0 Å². The fraction of sp³-hybridized carbons (Fsp3) is 0.400. The van der Waals surface area contributed by atoms with Crippen LogP contribution >= 0.6 is 0 Å². The summed E-state index contributed by atoms with van der Waals surface area (Å²) >= 11 is 0. The monoisotopic (exact) mass is 343 g/mol. The Labute approximate surface area is 145 Å². The predicted octanol–water partition coefficient (Wildman–Crippen LogP) is 4.69. The zero-order valence-electron chi connectivity index (χ0n) is 14.4. The Kier molecular flexibility index (Phi) is 5.07. The molecule has 4 heteroatoms. The highest BCUT2D eigenvalue weighted by Gasteiger charge is 2.46. The van der Waals surface area contributed by atoms with E-state index in [2.05, 4.69) is 6.92 Å². The summed E-state index contributed by atoms with van der Waals surface area (Å²) in [4.78, 5) is 0.398. The Bertz CT molecular complexity index is 769. The minimum Gasteiger partial charge on any atom is -0.207 e. The van der Waals surface area contributed by atoms with Gasteiger partial charge in [0, 0.05) is 6.04 Å². The number of rotatable bonds is 6. The van der Waals surface area contributed by atoms with Crippen molar-refractivity contribution in [3.8, 4) is 0 Å². The highest BCUT2D eigenvalue weighted by Crippen LogP contribution is 2.44. The molecule has 24 heavy (non-hydrogen) atoms. The molecule has 0 amide bonds. The lowest BCUT2D eigenvalue weighted by Crippen LogP contribution is -2.53. The quantitative estimate of drug-likeness (QED) is 0.763. The molecule has 0 bridgehead atoms. The highest BCUT2D eigenvalue weighted by molar-refractivity contribution is 7.89. The summed E-state index contributed by atoms with van der Waals surface area (Å²) in [7, 11) is -3.46. The largest absolute Gasteiger partial charge is 0.243 e. The van der Waals surface area contributed by atoms with E-state index in [0.717, 1.165) is 36.8 Å². The topological polar surface area (TPSA) is 37.4 Å². The van der Waals surface area contributed by atoms with E-state index < -0.39 is 10.0 Å². The number of hydrogen-bond donors (Lipinski definition) is 0. The summed E-state index contributed by atoms with van der Waals surface area (Å²) in [5.41, 5.74) is 2.15. The summed E-state index contributed by atoms with van der Waals surface area (Å²) < 4.78 is 28.2. The van der Waals surface area contributed by atoms with Crippen LogP contribution in [-0.2, 0) is 10.0 Å². The standard InChI is InChI=1S/C20H25NO2S/c1-3-4-10-18-15-20(17-8-6-5-7-9-17)21(18)24(22,23)19-13-11-16(2)12-14-19/h5-9,11-14,18,20H,3-4,10,15H2,1-2H3/t18-,20-/m0/s1. The van der Waals surface area contributed by atoms with Crippen LogP contribution in [-0.4, -0.2) is 18.8 Å². The second-order valence-electron chi connectivity index (χ2n) is 6.61. The summed E-state index contributed by atoms with van der Waals surface area (Å²) in [5.74, 6) is 0. The molecule has 0 radical (unpaired) electrons. The molecular formula is C20H25NO2S. The third-order valence-corrected chi connectivity index (χ3v) is 6.81. The number of hydrogen-bond acceptors (Lipinski definition) is 2. The third-order valence-electron chi connectivity index (χ3n) is 4.83. The molecule has 3 nitrogen and oxygen atoms in total. The second kappa shape index (κ2) is 7.08. The summed E-state index contributed by atoms with van der Waals surface area (Å²) in [6.07, 6.45) is 4.00. The van der Waals surface area contributed by atoms with Crippen LogP contribution in [0, 0.1) is 6.92 Å². The van der Waals surface area contributed by atoms with Crippen molar-refractivity contribution in [1.29, 1.82) is 0 Å². The molecule has 1 heterocycles. The Balaban J connectivity index is 1.93. The van der Waals surface area contributed by atoms with Gasteiger partial charge in [0.05, 0.1) is 10.9 Å². The van der Waals surface area contributed by atoms with Crippen LogP contribution in [0.2, 0.25) is 0 Å². The van der Waals surface area contributed by atoms with E-state index in [1.54, 1.807) is 16.4 Å². The molecule has 2 aromatic carbocycles. The zero-order chi connectivity index (χ0) is 17.2. The fourth-order valence-electron chi connectivity index (χ4n) is 3.42. The molecule has 1 aliphatic heterocycles. The average molecular weight is 343 g/mol. The van der Waals surface area contributed by atoms with E-state index in [4.69, 9.17) is 0 Å². The molecule has 2 atom stereocenters. The minimum absolute atomic E-state index is 0.0423. The molecular weight excluding hydrogens is 318 g/mol. The van der Waals surface area contributed by atoms with Gasteiger partial charge in [0.15, 0.2) is 0 Å². The van der Waals surface area contributed by atoms with Crippen LogP contribution in [0.1, 0.15) is 49.8 Å². The maximum atomic E-state index is 13.2. The van der Waals surface area contributed by atoms with Crippen molar-refractivity contribution in [2.24, 2.45) is 0 Å². The number of aryl methyl sites for hydroxylation is 1. The van der Waals surface area contributed by atoms with Crippen molar-refractivity contribution in [1.82, 2.24) is 4.31 Å². The molecule has 0 N–H and O–H groups in total. The average Bonchev–Trinajstić information content (AvgIpc) is 2.55. The van der Waals surface area contributed by atoms with Gasteiger partial charge in [-0.3, -0.25) is 0 Å². The van der Waals surface area contributed by atoms with Crippen molar-refractivity contribution in [2.75, 3.05) is 0 Å². The van der Waals surface area contributed by atoms with Gasteiger partial charge in [0.2, 0.25) is 10.0 Å². The summed E-state index contributed by atoms with van der Waals surface area (Å²) in [5, 5.41) is 0. The first-order valence-electron chi connectivity index (χ1n) is 8.69. The van der Waals surface area contributed by atoms with E-state index in [-0.39, 0.29) is 12.1 Å². The van der Waals surface area contributed by atoms with E-state index >= 15 is 0 Å². The van der Waals surface area contributed by atoms with Gasteiger partial charge in [-0.05, 0) is 37.5 Å². The van der Waals surface area contributed by atoms with Crippen molar-refractivity contribution < 1.29 is 8.42 Å². The smallest absolute Gasteiger partial charge is 0.207 e. The Morgan fingerprint density at radius 1 is 1.04 bits per heavy atom. The molecule has 0 unspecified atom stereocenters. The zero-order valence-corrected chi connectivity index (χ0v) is 15.2. The van der Waals surface area contributed by atoms with Gasteiger partial charge in [-0.2, -0.15) is 4.31 Å². The number of nitrogens with zero attached hydrogens (tertiary/aromatic N) is 1. The van der Waals surface area contributed by atoms with Gasteiger partial charge in [-0.25, -0.2) is 8.42 Å². The first-order chi connectivity index (χ1) is 11.5. The van der Waals surface area contributed by atoms with E-state index in [1.165, 1.54) is 0 Å². The van der Waals surface area contributed by atoms with Crippen LogP contribution in [0.5, 0.6) is 0 Å². The molecule has 2 aromatic rings. The van der Waals surface area contributed by atoms with Crippen molar-refractivity contribution in [2.45, 2.75) is 56.5 Å². The molecule has 0 saturated carbocycles. The molecule has 1 fully saturated rings. The SMILES string of the molecule is CCCC[C@H]1C[C@@H](c2ccccc2)N1S(=O)(=O)c1ccc(C)cc1. The van der Waals surface area contributed by atoms with Gasteiger partial charge in [0.25, 0.3) is 0 Å². The van der Waals surface area contributed by atoms with Crippen molar-refractivity contribution in [3.05, 3.63) is 65.7 Å². The normalized spacial score (nSPS) is 21.4. The van der Waals surface area contributed by atoms with Crippen molar-refractivity contribution in [3.63, 3.8) is 0 Å². The maximum absolute atomic E-state index is 13.2. The second-order valence-corrected chi connectivity index (χ2v) is 8.45. The molecule has 1 aliphatic rings.